The van der Waals surface area contributed by atoms with Crippen LogP contribution in [0.25, 0.3) is 11.2 Å². The lowest BCUT2D eigenvalue weighted by molar-refractivity contribution is 0.0475. The zero-order valence-electron chi connectivity index (χ0n) is 18.5. The minimum absolute atomic E-state index is 0.168. The quantitative estimate of drug-likeness (QED) is 0.520. The summed E-state index contributed by atoms with van der Waals surface area (Å²) in [6, 6.07) is 11.4. The number of hydrogen-bond donors (Lipinski definition) is 2. The molecular formula is C23H23ClN4O6. The van der Waals surface area contributed by atoms with E-state index in [1.54, 1.807) is 0 Å². The molecule has 0 spiro atoms. The number of nitrogens with one attached hydrogen (secondary N) is 1. The highest BCUT2D eigenvalue weighted by Crippen LogP contribution is 2.39. The molecule has 1 aliphatic heterocycles. The van der Waals surface area contributed by atoms with Crippen LogP contribution in [0, 0.1) is 0 Å². The second-order valence-corrected chi connectivity index (χ2v) is 8.19. The van der Waals surface area contributed by atoms with Crippen molar-refractivity contribution in [2.45, 2.75) is 12.6 Å². The Hall–Kier alpha value is -3.60. The lowest BCUT2D eigenvalue weighted by atomic mass is 10.1. The molecule has 1 saturated heterocycles. The van der Waals surface area contributed by atoms with E-state index >= 15 is 0 Å². The van der Waals surface area contributed by atoms with Crippen molar-refractivity contribution in [1.29, 1.82) is 0 Å². The molecule has 1 amide bonds. The van der Waals surface area contributed by atoms with Gasteiger partial charge in [0.05, 0.1) is 13.2 Å². The molecule has 0 radical (unpaired) electrons. The minimum atomic E-state index is -0.932. The van der Waals surface area contributed by atoms with Gasteiger partial charge in [0.1, 0.15) is 16.3 Å². The number of halogens is 1. The first-order chi connectivity index (χ1) is 16.3. The Labute approximate surface area is 199 Å². The molecule has 3 N–H and O–H groups in total. The lowest BCUT2D eigenvalue weighted by Gasteiger charge is -2.23. The van der Waals surface area contributed by atoms with Crippen molar-refractivity contribution < 1.29 is 18.4 Å². The number of likely N-dealkylation sites (N-methyl/N-ethyl adjacent to an activating group) is 1. The number of anilines is 1. The monoisotopic (exact) mass is 486 g/mol. The van der Waals surface area contributed by atoms with Gasteiger partial charge in [-0.3, -0.25) is 4.79 Å². The third-order valence-corrected chi connectivity index (χ3v) is 5.85. The second kappa shape index (κ2) is 9.72. The van der Waals surface area contributed by atoms with Gasteiger partial charge in [-0.25, -0.2) is 19.6 Å². The fourth-order valence-corrected chi connectivity index (χ4v) is 4.11. The van der Waals surface area contributed by atoms with Gasteiger partial charge in [0.15, 0.2) is 16.9 Å². The zero-order chi connectivity index (χ0) is 24.4. The van der Waals surface area contributed by atoms with Crippen molar-refractivity contribution in [3.8, 4) is 5.75 Å². The van der Waals surface area contributed by atoms with E-state index < -0.39 is 17.2 Å². The Bertz CT molecular complexity index is 1370. The smallest absolute Gasteiger partial charge is 0.336 e. The van der Waals surface area contributed by atoms with Crippen molar-refractivity contribution in [2.24, 2.45) is 0 Å². The highest BCUT2D eigenvalue weighted by molar-refractivity contribution is 6.38. The van der Waals surface area contributed by atoms with E-state index in [-0.39, 0.29) is 39.2 Å². The van der Waals surface area contributed by atoms with Crippen LogP contribution in [0.3, 0.4) is 0 Å². The number of amides is 1. The maximum absolute atomic E-state index is 13.4. The molecule has 10 nitrogen and oxygen atoms in total. The van der Waals surface area contributed by atoms with Crippen LogP contribution in [0.15, 0.2) is 60.9 Å². The Kier molecular flexibility index (Phi) is 6.73. The van der Waals surface area contributed by atoms with Crippen molar-refractivity contribution >= 4 is 34.4 Å². The number of carbonyl (C=O) groups excluding carboxylic acids is 1. The summed E-state index contributed by atoms with van der Waals surface area (Å²) >= 11 is 6.31. The van der Waals surface area contributed by atoms with Gasteiger partial charge in [-0.1, -0.05) is 41.9 Å². The average Bonchev–Trinajstić information content (AvgIpc) is 3.15. The molecule has 2 bridgehead atoms. The van der Waals surface area contributed by atoms with Gasteiger partial charge >= 0.3 is 11.3 Å². The van der Waals surface area contributed by atoms with Crippen molar-refractivity contribution in [3.63, 3.8) is 0 Å². The molecule has 11 heteroatoms. The number of benzene rings is 2. The third-order valence-electron chi connectivity index (χ3n) is 5.47. The molecule has 0 aliphatic carbocycles. The van der Waals surface area contributed by atoms with E-state index in [2.05, 4.69) is 10.3 Å². The first-order valence-electron chi connectivity index (χ1n) is 10.4. The maximum atomic E-state index is 13.4. The zero-order valence-corrected chi connectivity index (χ0v) is 19.3. The Morgan fingerprint density at radius 1 is 1.12 bits per heavy atom. The molecule has 0 saturated carbocycles. The van der Waals surface area contributed by atoms with Crippen LogP contribution in [-0.2, 0) is 6.54 Å². The highest BCUT2D eigenvalue weighted by Gasteiger charge is 2.32. The Morgan fingerprint density at radius 3 is 2.41 bits per heavy atom. The Morgan fingerprint density at radius 2 is 1.76 bits per heavy atom. The summed E-state index contributed by atoms with van der Waals surface area (Å²) in [5, 5.41) is 6.80. The van der Waals surface area contributed by atoms with Gasteiger partial charge in [-0.2, -0.15) is 0 Å². The summed E-state index contributed by atoms with van der Waals surface area (Å²) in [5.41, 5.74) is 4.39. The molecular weight excluding hydrogens is 464 g/mol. The van der Waals surface area contributed by atoms with Crippen molar-refractivity contribution in [2.75, 3.05) is 33.0 Å². The van der Waals surface area contributed by atoms with Crippen LogP contribution >= 0.6 is 11.6 Å². The Balaban J connectivity index is 1.71. The number of nitrogens with zero attached hydrogens (tertiary/aromatic N) is 2. The topological polar surface area (TPSA) is 131 Å². The predicted octanol–water partition coefficient (Wildman–Crippen LogP) is 2.01. The standard InChI is InChI=1S/C23H23ClN4O6/c1-27-11-14(12-28(27)10-13-6-4-3-5-7-13)26-23(31)17-20-18(24)19(25)22(21(17)32-2)34-16(30)9-8-15(29)33-20/h3-9,14H,10-12,25H2,1-2H3,(H,26,31). The molecule has 178 valence electrons. The van der Waals surface area contributed by atoms with Gasteiger partial charge < -0.3 is 24.6 Å². The highest BCUT2D eigenvalue weighted by atomic mass is 35.5. The first kappa shape index (κ1) is 23.6. The van der Waals surface area contributed by atoms with E-state index in [4.69, 9.17) is 30.9 Å². The second-order valence-electron chi connectivity index (χ2n) is 7.81. The maximum Gasteiger partial charge on any atom is 0.336 e. The molecule has 1 fully saturated rings. The number of hydrogen-bond acceptors (Lipinski definition) is 9. The van der Waals surface area contributed by atoms with E-state index in [1.807, 2.05) is 42.4 Å². The molecule has 3 heterocycles. The molecule has 4 aromatic rings. The van der Waals surface area contributed by atoms with Crippen molar-refractivity contribution in [1.82, 2.24) is 15.3 Å². The van der Waals surface area contributed by atoms with E-state index in [1.165, 1.54) is 7.11 Å². The number of nitrogens with two attached hydrogens (primary N) is 1. The minimum Gasteiger partial charge on any atom is -0.492 e. The molecule has 5 rings (SSSR count). The third kappa shape index (κ3) is 4.69. The van der Waals surface area contributed by atoms with E-state index in [0.717, 1.165) is 17.7 Å². The van der Waals surface area contributed by atoms with Crippen molar-refractivity contribution in [3.05, 3.63) is 79.5 Å². The van der Waals surface area contributed by atoms with Crippen LogP contribution < -0.4 is 27.0 Å². The molecule has 2 aromatic heterocycles. The molecule has 1 unspecified atom stereocenters. The van der Waals surface area contributed by atoms with E-state index in [0.29, 0.717) is 19.6 Å². The van der Waals surface area contributed by atoms with Gasteiger partial charge in [-0.15, -0.1) is 0 Å². The SMILES string of the molecule is COc1c(C(=O)NC2CN(C)N(Cc3ccccc3)C2)c2oc(=O)ccc(=O)oc1c(N)c2Cl. The number of rotatable bonds is 5. The number of methoxy groups -OCH3 is 1. The number of carbonyl (C=O) groups is 1. The fourth-order valence-electron chi connectivity index (χ4n) is 3.89. The number of nitrogen functional groups attached to an aromatic ring is 1. The van der Waals surface area contributed by atoms with Gasteiger partial charge in [0.25, 0.3) is 5.91 Å². The largest absolute Gasteiger partial charge is 0.492 e. The number of hydrazine groups is 1. The summed E-state index contributed by atoms with van der Waals surface area (Å²) in [6.45, 7) is 1.77. The summed E-state index contributed by atoms with van der Waals surface area (Å²) in [4.78, 5) is 37.6. The van der Waals surface area contributed by atoms with Crippen LogP contribution in [0.4, 0.5) is 5.69 Å². The first-order valence-corrected chi connectivity index (χ1v) is 10.8. The molecule has 1 atom stereocenters. The summed E-state index contributed by atoms with van der Waals surface area (Å²) in [7, 11) is 3.20. The average molecular weight is 487 g/mol. The van der Waals surface area contributed by atoms with Gasteiger partial charge in [-0.05, 0) is 5.56 Å². The lowest BCUT2D eigenvalue weighted by Crippen LogP contribution is -2.38. The number of ether oxygens (including phenoxy) is 1. The summed E-state index contributed by atoms with van der Waals surface area (Å²) < 4.78 is 15.9. The van der Waals surface area contributed by atoms with Crippen LogP contribution in [0.2, 0.25) is 5.02 Å². The van der Waals surface area contributed by atoms with Crippen LogP contribution in [-0.4, -0.2) is 49.2 Å². The van der Waals surface area contributed by atoms with Crippen LogP contribution in [0.5, 0.6) is 5.75 Å². The van der Waals surface area contributed by atoms with E-state index in [9.17, 15) is 14.4 Å². The number of fused-ring (bicyclic) bond motifs is 7. The molecule has 34 heavy (non-hydrogen) atoms. The summed E-state index contributed by atoms with van der Waals surface area (Å²) in [6.07, 6.45) is 0. The summed E-state index contributed by atoms with van der Waals surface area (Å²) in [5.74, 6) is -0.790. The molecule has 1 aliphatic rings. The normalized spacial score (nSPS) is 16.5. The van der Waals surface area contributed by atoms with Gasteiger partial charge in [0, 0.05) is 38.8 Å². The predicted molar refractivity (Wildman–Crippen MR) is 127 cm³/mol. The van der Waals surface area contributed by atoms with Gasteiger partial charge in [0.2, 0.25) is 0 Å². The van der Waals surface area contributed by atoms with Crippen LogP contribution in [0.1, 0.15) is 15.9 Å². The fraction of sp³-hybridized carbons (Fsp3) is 0.261. The molecule has 2 aromatic carbocycles.